The van der Waals surface area contributed by atoms with E-state index in [2.05, 4.69) is 4.74 Å². The maximum atomic E-state index is 11.7. The Hall–Kier alpha value is -4.08. The molecule has 0 N–H and O–H groups in total. The lowest BCUT2D eigenvalue weighted by Crippen LogP contribution is -2.15. The normalized spacial score (nSPS) is 10.2. The lowest BCUT2D eigenvalue weighted by Gasteiger charge is -2.20. The van der Waals surface area contributed by atoms with Gasteiger partial charge in [0, 0.05) is 26.3 Å². The first-order valence-electron chi connectivity index (χ1n) is 9.71. The van der Waals surface area contributed by atoms with Crippen molar-refractivity contribution in [3.8, 4) is 23.0 Å². The van der Waals surface area contributed by atoms with Crippen molar-refractivity contribution in [1.29, 1.82) is 0 Å². The second kappa shape index (κ2) is 11.5. The van der Waals surface area contributed by atoms with Gasteiger partial charge in [-0.05, 0) is 29.8 Å². The molecule has 0 unspecified atom stereocenters. The summed E-state index contributed by atoms with van der Waals surface area (Å²) in [5.41, 5.74) is 0.899. The highest BCUT2D eigenvalue weighted by molar-refractivity contribution is 5.73. The summed E-state index contributed by atoms with van der Waals surface area (Å²) in [5, 5.41) is 0. The van der Waals surface area contributed by atoms with E-state index in [4.69, 9.17) is 23.7 Å². The Morgan fingerprint density at radius 1 is 0.818 bits per heavy atom. The molecule has 0 aliphatic rings. The summed E-state index contributed by atoms with van der Waals surface area (Å²) in [6, 6.07) is 9.31. The van der Waals surface area contributed by atoms with Crippen LogP contribution < -0.4 is 14.2 Å². The van der Waals surface area contributed by atoms with E-state index in [1.165, 1.54) is 33.3 Å². The molecule has 0 saturated carbocycles. The third kappa shape index (κ3) is 7.53. The summed E-state index contributed by atoms with van der Waals surface area (Å²) in [6.45, 7) is 3.53. The second-order valence-electron chi connectivity index (χ2n) is 6.69. The lowest BCUT2D eigenvalue weighted by molar-refractivity contribution is -0.186. The van der Waals surface area contributed by atoms with Crippen molar-refractivity contribution in [2.45, 2.75) is 33.5 Å². The molecule has 0 spiro atoms. The third-order valence-corrected chi connectivity index (χ3v) is 4.05. The van der Waals surface area contributed by atoms with Gasteiger partial charge < -0.3 is 28.4 Å². The Morgan fingerprint density at radius 2 is 1.39 bits per heavy atom. The van der Waals surface area contributed by atoms with E-state index in [9.17, 15) is 19.2 Å². The minimum absolute atomic E-state index is 0.0308. The fourth-order valence-corrected chi connectivity index (χ4v) is 2.71. The van der Waals surface area contributed by atoms with Crippen molar-refractivity contribution in [1.82, 2.24) is 0 Å². The van der Waals surface area contributed by atoms with Crippen LogP contribution in [-0.2, 0) is 39.8 Å². The quantitative estimate of drug-likeness (QED) is 0.313. The summed E-state index contributed by atoms with van der Waals surface area (Å²) >= 11 is 0. The Bertz CT molecular complexity index is 1010. The van der Waals surface area contributed by atoms with Crippen LogP contribution >= 0.6 is 0 Å². The molecule has 2 rings (SSSR count). The van der Waals surface area contributed by atoms with Crippen molar-refractivity contribution >= 4 is 23.9 Å². The lowest BCUT2D eigenvalue weighted by atomic mass is 10.1. The topological polar surface area (TPSA) is 124 Å². The van der Waals surface area contributed by atoms with Crippen molar-refractivity contribution in [2.24, 2.45) is 0 Å². The molecule has 10 heteroatoms. The number of rotatable bonds is 9. The summed E-state index contributed by atoms with van der Waals surface area (Å²) in [4.78, 5) is 46.1. The molecule has 0 atom stereocenters. The van der Waals surface area contributed by atoms with Gasteiger partial charge in [-0.2, -0.15) is 0 Å². The van der Waals surface area contributed by atoms with Gasteiger partial charge in [-0.3, -0.25) is 19.2 Å². The number of ether oxygens (including phenoxy) is 6. The molecule has 0 radical (unpaired) electrons. The monoisotopic (exact) mass is 460 g/mol. The summed E-state index contributed by atoms with van der Waals surface area (Å²) in [5.74, 6) is -1.98. The van der Waals surface area contributed by atoms with E-state index in [1.54, 1.807) is 24.3 Å². The standard InChI is InChI=1S/C23H24O10/c1-13(24)30-22-19(28-4)11-17(23(31-14(2)25)32-15(3)26)12-20(22)33-18-8-6-16(7-9-18)10-21(27)29-5/h6-9,11-12,23H,10H2,1-5H3. The molecule has 2 aromatic carbocycles. The van der Waals surface area contributed by atoms with E-state index in [1.807, 2.05) is 0 Å². The minimum Gasteiger partial charge on any atom is -0.493 e. The summed E-state index contributed by atoms with van der Waals surface area (Å²) < 4.78 is 31.3. The largest absolute Gasteiger partial charge is 0.493 e. The van der Waals surface area contributed by atoms with Crippen LogP contribution in [0, 0.1) is 0 Å². The Balaban J connectivity index is 2.49. The van der Waals surface area contributed by atoms with E-state index in [-0.39, 0.29) is 35.2 Å². The summed E-state index contributed by atoms with van der Waals surface area (Å²) in [6.07, 6.45) is -1.30. The molecule has 0 amide bonds. The molecule has 0 saturated heterocycles. The van der Waals surface area contributed by atoms with Crippen LogP contribution in [0.15, 0.2) is 36.4 Å². The van der Waals surface area contributed by atoms with Crippen LogP contribution in [0.4, 0.5) is 0 Å². The van der Waals surface area contributed by atoms with Crippen LogP contribution in [-0.4, -0.2) is 38.1 Å². The van der Waals surface area contributed by atoms with Gasteiger partial charge in [0.1, 0.15) is 5.75 Å². The molecule has 176 valence electrons. The maximum absolute atomic E-state index is 11.7. The summed E-state index contributed by atoms with van der Waals surface area (Å²) in [7, 11) is 2.64. The third-order valence-electron chi connectivity index (χ3n) is 4.05. The molecule has 0 aromatic heterocycles. The first-order valence-corrected chi connectivity index (χ1v) is 9.71. The SMILES string of the molecule is COC(=O)Cc1ccc(Oc2cc(C(OC(C)=O)OC(C)=O)cc(OC)c2OC(C)=O)cc1. The van der Waals surface area contributed by atoms with E-state index < -0.39 is 24.2 Å². The van der Waals surface area contributed by atoms with Gasteiger partial charge in [-0.25, -0.2) is 0 Å². The van der Waals surface area contributed by atoms with Crippen LogP contribution in [0.2, 0.25) is 0 Å². The zero-order valence-electron chi connectivity index (χ0n) is 18.8. The number of hydrogen-bond acceptors (Lipinski definition) is 10. The smallest absolute Gasteiger partial charge is 0.309 e. The fourth-order valence-electron chi connectivity index (χ4n) is 2.71. The Morgan fingerprint density at radius 3 is 1.88 bits per heavy atom. The molecule has 0 aliphatic carbocycles. The van der Waals surface area contributed by atoms with Crippen LogP contribution in [0.5, 0.6) is 23.0 Å². The van der Waals surface area contributed by atoms with Crippen LogP contribution in [0.3, 0.4) is 0 Å². The fraction of sp³-hybridized carbons (Fsp3) is 0.304. The van der Waals surface area contributed by atoms with Gasteiger partial charge in [-0.15, -0.1) is 0 Å². The molecular weight excluding hydrogens is 436 g/mol. The predicted molar refractivity (Wildman–Crippen MR) is 113 cm³/mol. The maximum Gasteiger partial charge on any atom is 0.309 e. The molecular formula is C23H24O10. The molecule has 0 fully saturated rings. The highest BCUT2D eigenvalue weighted by Gasteiger charge is 2.25. The molecule has 0 aliphatic heterocycles. The number of hydrogen-bond donors (Lipinski definition) is 0. The van der Waals surface area contributed by atoms with E-state index in [0.29, 0.717) is 11.3 Å². The van der Waals surface area contributed by atoms with E-state index >= 15 is 0 Å². The highest BCUT2D eigenvalue weighted by atomic mass is 16.7. The van der Waals surface area contributed by atoms with Gasteiger partial charge in [0.05, 0.1) is 20.6 Å². The van der Waals surface area contributed by atoms with Crippen molar-refractivity contribution in [3.63, 3.8) is 0 Å². The van der Waals surface area contributed by atoms with Gasteiger partial charge in [0.2, 0.25) is 5.75 Å². The van der Waals surface area contributed by atoms with Gasteiger partial charge in [0.15, 0.2) is 11.5 Å². The van der Waals surface area contributed by atoms with Crippen LogP contribution in [0.1, 0.15) is 38.2 Å². The second-order valence-corrected chi connectivity index (χ2v) is 6.69. The highest BCUT2D eigenvalue weighted by Crippen LogP contribution is 2.43. The number of carbonyl (C=O) groups excluding carboxylic acids is 4. The first-order chi connectivity index (χ1) is 15.6. The zero-order chi connectivity index (χ0) is 24.5. The van der Waals surface area contributed by atoms with Crippen molar-refractivity contribution in [3.05, 3.63) is 47.5 Å². The van der Waals surface area contributed by atoms with E-state index in [0.717, 1.165) is 13.8 Å². The molecule has 0 bridgehead atoms. The average Bonchev–Trinajstić information content (AvgIpc) is 2.74. The average molecular weight is 460 g/mol. The predicted octanol–water partition coefficient (Wildman–Crippen LogP) is 3.25. The van der Waals surface area contributed by atoms with Crippen LogP contribution in [0.25, 0.3) is 0 Å². The first kappa shape index (κ1) is 25.2. The molecule has 33 heavy (non-hydrogen) atoms. The van der Waals surface area contributed by atoms with Crippen molar-refractivity contribution < 1.29 is 47.6 Å². The zero-order valence-corrected chi connectivity index (χ0v) is 18.8. The number of benzene rings is 2. The van der Waals surface area contributed by atoms with Gasteiger partial charge in [-0.1, -0.05) is 12.1 Å². The minimum atomic E-state index is -1.38. The van der Waals surface area contributed by atoms with Crippen molar-refractivity contribution in [2.75, 3.05) is 14.2 Å². The molecule has 2 aromatic rings. The number of methoxy groups -OCH3 is 2. The van der Waals surface area contributed by atoms with Gasteiger partial charge >= 0.3 is 23.9 Å². The number of carbonyl (C=O) groups is 4. The Labute approximate surface area is 190 Å². The Kier molecular flexibility index (Phi) is 8.79. The molecule has 0 heterocycles. The number of esters is 4. The molecule has 10 nitrogen and oxygen atoms in total. The van der Waals surface area contributed by atoms with Gasteiger partial charge in [0.25, 0.3) is 6.29 Å².